The summed E-state index contributed by atoms with van der Waals surface area (Å²) in [7, 11) is 0. The molecule has 1 saturated carbocycles. The second kappa shape index (κ2) is 7.08. The Hall–Kier alpha value is -1.80. The summed E-state index contributed by atoms with van der Waals surface area (Å²) in [5.41, 5.74) is -0.405. The quantitative estimate of drug-likeness (QED) is 0.743. The van der Waals surface area contributed by atoms with Crippen molar-refractivity contribution < 1.29 is 13.9 Å². The van der Waals surface area contributed by atoms with Crippen LogP contribution in [0.1, 0.15) is 25.7 Å². The van der Waals surface area contributed by atoms with Gasteiger partial charge in [-0.05, 0) is 25.0 Å². The van der Waals surface area contributed by atoms with Crippen LogP contribution in [-0.4, -0.2) is 45.7 Å². The Morgan fingerprint density at radius 1 is 1.35 bits per heavy atom. The number of amides is 1. The molecule has 1 aromatic carbocycles. The third kappa shape index (κ3) is 3.16. The summed E-state index contributed by atoms with van der Waals surface area (Å²) < 4.78 is 21.5. The molecule has 8 heteroatoms. The zero-order chi connectivity index (χ0) is 18.3. The smallest absolute Gasteiger partial charge is 0.261 e. The molecule has 6 nitrogen and oxygen atoms in total. The lowest BCUT2D eigenvalue weighted by Gasteiger charge is -2.43. The molecule has 2 atom stereocenters. The van der Waals surface area contributed by atoms with Crippen molar-refractivity contribution >= 4 is 32.7 Å². The SMILES string of the molecule is O=C(Cn1cnc2c(F)cc(Br)cc2c1=O)N1CCO[C@@H]2CCCC[C@@H]21. The van der Waals surface area contributed by atoms with Crippen molar-refractivity contribution in [1.82, 2.24) is 14.5 Å². The van der Waals surface area contributed by atoms with E-state index in [1.165, 1.54) is 23.0 Å². The molecule has 0 radical (unpaired) electrons. The molecule has 1 saturated heterocycles. The molecule has 26 heavy (non-hydrogen) atoms. The van der Waals surface area contributed by atoms with E-state index in [9.17, 15) is 14.0 Å². The van der Waals surface area contributed by atoms with Crippen LogP contribution in [0.4, 0.5) is 4.39 Å². The van der Waals surface area contributed by atoms with Crippen molar-refractivity contribution in [2.75, 3.05) is 13.2 Å². The zero-order valence-electron chi connectivity index (χ0n) is 14.2. The molecule has 1 aliphatic heterocycles. The normalized spacial score (nSPS) is 23.1. The fourth-order valence-corrected chi connectivity index (χ4v) is 4.38. The monoisotopic (exact) mass is 423 g/mol. The van der Waals surface area contributed by atoms with Gasteiger partial charge in [-0.1, -0.05) is 28.8 Å². The van der Waals surface area contributed by atoms with Crippen molar-refractivity contribution in [3.05, 3.63) is 39.1 Å². The number of carbonyl (C=O) groups is 1. The van der Waals surface area contributed by atoms with Crippen molar-refractivity contribution in [3.8, 4) is 0 Å². The Bertz CT molecular complexity index is 914. The van der Waals surface area contributed by atoms with Crippen LogP contribution in [0, 0.1) is 5.82 Å². The summed E-state index contributed by atoms with van der Waals surface area (Å²) in [5.74, 6) is -0.688. The van der Waals surface area contributed by atoms with E-state index in [1.54, 1.807) is 0 Å². The van der Waals surface area contributed by atoms with E-state index in [0.717, 1.165) is 25.7 Å². The van der Waals surface area contributed by atoms with Crippen molar-refractivity contribution in [2.45, 2.75) is 44.4 Å². The summed E-state index contributed by atoms with van der Waals surface area (Å²) >= 11 is 3.19. The van der Waals surface area contributed by atoms with E-state index < -0.39 is 11.4 Å². The summed E-state index contributed by atoms with van der Waals surface area (Å²) in [6, 6.07) is 2.88. The van der Waals surface area contributed by atoms with Gasteiger partial charge in [0.2, 0.25) is 5.91 Å². The van der Waals surface area contributed by atoms with E-state index in [0.29, 0.717) is 17.6 Å². The summed E-state index contributed by atoms with van der Waals surface area (Å²) in [6.45, 7) is 0.963. The zero-order valence-corrected chi connectivity index (χ0v) is 15.7. The highest BCUT2D eigenvalue weighted by Crippen LogP contribution is 2.28. The van der Waals surface area contributed by atoms with Gasteiger partial charge in [-0.25, -0.2) is 9.37 Å². The van der Waals surface area contributed by atoms with Gasteiger partial charge in [0, 0.05) is 11.0 Å². The van der Waals surface area contributed by atoms with E-state index in [-0.39, 0.29) is 35.5 Å². The van der Waals surface area contributed by atoms with Crippen molar-refractivity contribution in [2.24, 2.45) is 0 Å². The fraction of sp³-hybridized carbons (Fsp3) is 0.500. The molecule has 4 rings (SSSR count). The van der Waals surface area contributed by atoms with Crippen LogP contribution in [0.25, 0.3) is 10.9 Å². The number of fused-ring (bicyclic) bond motifs is 2. The molecule has 1 amide bonds. The highest BCUT2D eigenvalue weighted by molar-refractivity contribution is 9.10. The second-order valence-electron chi connectivity index (χ2n) is 6.81. The number of nitrogens with zero attached hydrogens (tertiary/aromatic N) is 3. The van der Waals surface area contributed by atoms with Gasteiger partial charge in [-0.15, -0.1) is 0 Å². The Balaban J connectivity index is 1.61. The summed E-state index contributed by atoms with van der Waals surface area (Å²) in [5, 5.41) is 0.157. The predicted molar refractivity (Wildman–Crippen MR) is 97.4 cm³/mol. The lowest BCUT2D eigenvalue weighted by Crippen LogP contribution is -2.55. The topological polar surface area (TPSA) is 64.4 Å². The van der Waals surface area contributed by atoms with E-state index in [1.807, 2.05) is 4.90 Å². The molecule has 2 heterocycles. The van der Waals surface area contributed by atoms with Crippen LogP contribution in [0.15, 0.2) is 27.7 Å². The maximum absolute atomic E-state index is 14.0. The summed E-state index contributed by atoms with van der Waals surface area (Å²) in [4.78, 5) is 31.4. The van der Waals surface area contributed by atoms with Crippen molar-refractivity contribution in [3.63, 3.8) is 0 Å². The first kappa shape index (κ1) is 17.6. The minimum absolute atomic E-state index is 0.0145. The standard InChI is InChI=1S/C18H19BrFN3O3/c19-11-7-12-17(13(20)8-11)21-10-22(18(12)25)9-16(24)23-5-6-26-15-4-2-1-3-14(15)23/h7-8,10,14-15H,1-6,9H2/t14-,15+/m0/s1. The first-order chi connectivity index (χ1) is 12.5. The summed E-state index contributed by atoms with van der Waals surface area (Å²) in [6.07, 6.45) is 5.45. The average Bonchev–Trinajstić information content (AvgIpc) is 2.64. The third-order valence-corrected chi connectivity index (χ3v) is 5.66. The number of hydrogen-bond acceptors (Lipinski definition) is 4. The maximum atomic E-state index is 14.0. The molecule has 0 unspecified atom stereocenters. The van der Waals surface area contributed by atoms with Gasteiger partial charge in [0.1, 0.15) is 12.1 Å². The van der Waals surface area contributed by atoms with E-state index in [4.69, 9.17) is 4.74 Å². The van der Waals surface area contributed by atoms with Gasteiger partial charge in [-0.3, -0.25) is 14.2 Å². The molecule has 138 valence electrons. The number of morpholine rings is 1. The number of carbonyl (C=O) groups excluding carboxylic acids is 1. The van der Waals surface area contributed by atoms with Gasteiger partial charge in [-0.2, -0.15) is 0 Å². The Morgan fingerprint density at radius 2 is 2.15 bits per heavy atom. The molecule has 2 aromatic rings. The van der Waals surface area contributed by atoms with Crippen LogP contribution in [0.3, 0.4) is 0 Å². The fourth-order valence-electron chi connectivity index (χ4n) is 3.95. The van der Waals surface area contributed by atoms with Crippen LogP contribution in [-0.2, 0) is 16.1 Å². The number of hydrogen-bond donors (Lipinski definition) is 0. The van der Waals surface area contributed by atoms with Gasteiger partial charge in [0.05, 0.1) is 30.5 Å². The number of halogens is 2. The van der Waals surface area contributed by atoms with Crippen LogP contribution in [0.5, 0.6) is 0 Å². The first-order valence-corrected chi connectivity index (χ1v) is 9.59. The van der Waals surface area contributed by atoms with Gasteiger partial charge >= 0.3 is 0 Å². The van der Waals surface area contributed by atoms with Crippen LogP contribution >= 0.6 is 15.9 Å². The van der Waals surface area contributed by atoms with Gasteiger partial charge in [0.15, 0.2) is 5.82 Å². The number of benzene rings is 1. The lowest BCUT2D eigenvalue weighted by atomic mass is 9.90. The molecule has 2 aliphatic rings. The first-order valence-electron chi connectivity index (χ1n) is 8.80. The molecule has 1 aromatic heterocycles. The maximum Gasteiger partial charge on any atom is 0.261 e. The van der Waals surface area contributed by atoms with Crippen LogP contribution < -0.4 is 5.56 Å². The molecule has 1 aliphatic carbocycles. The Labute approximate surface area is 158 Å². The lowest BCUT2D eigenvalue weighted by molar-refractivity contribution is -0.150. The third-order valence-electron chi connectivity index (χ3n) is 5.20. The van der Waals surface area contributed by atoms with E-state index >= 15 is 0 Å². The van der Waals surface area contributed by atoms with Crippen molar-refractivity contribution in [1.29, 1.82) is 0 Å². The minimum Gasteiger partial charge on any atom is -0.374 e. The largest absolute Gasteiger partial charge is 0.374 e. The van der Waals surface area contributed by atoms with Crippen LogP contribution in [0.2, 0.25) is 0 Å². The molecule has 2 fully saturated rings. The molecular weight excluding hydrogens is 405 g/mol. The number of rotatable bonds is 2. The second-order valence-corrected chi connectivity index (χ2v) is 7.73. The molecule has 0 N–H and O–H groups in total. The minimum atomic E-state index is -0.567. The predicted octanol–water partition coefficient (Wildman–Crippen LogP) is 2.47. The van der Waals surface area contributed by atoms with Gasteiger partial charge in [0.25, 0.3) is 5.56 Å². The molecule has 0 bridgehead atoms. The van der Waals surface area contributed by atoms with Gasteiger partial charge < -0.3 is 9.64 Å². The highest BCUT2D eigenvalue weighted by Gasteiger charge is 2.36. The Morgan fingerprint density at radius 3 is 3.00 bits per heavy atom. The highest BCUT2D eigenvalue weighted by atomic mass is 79.9. The average molecular weight is 424 g/mol. The molecular formula is C18H19BrFN3O3. The number of ether oxygens (including phenoxy) is 1. The Kier molecular flexibility index (Phi) is 4.79. The number of aromatic nitrogens is 2. The molecule has 0 spiro atoms. The van der Waals surface area contributed by atoms with E-state index in [2.05, 4.69) is 20.9 Å².